The molecule has 6 nitrogen and oxygen atoms in total. The first kappa shape index (κ1) is 32.1. The lowest BCUT2D eigenvalue weighted by molar-refractivity contribution is -0.384. The van der Waals surface area contributed by atoms with Gasteiger partial charge >= 0.3 is 0 Å². The van der Waals surface area contributed by atoms with Gasteiger partial charge in [-0.15, -0.1) is 0 Å². The molecular formula is C36H42N2O4P+. The minimum Gasteiger partial charge on any atom is -0.386 e. The first-order valence-electron chi connectivity index (χ1n) is 15.2. The third-order valence-corrected chi connectivity index (χ3v) is 12.6. The van der Waals surface area contributed by atoms with Crippen LogP contribution in [0.5, 0.6) is 0 Å². The number of hydrogen-bond donors (Lipinski definition) is 2. The average molecular weight is 598 g/mol. The Bertz CT molecular complexity index is 1320. The number of aliphatic hydroxyl groups excluding tert-OH is 1. The smallest absolute Gasteiger partial charge is 0.269 e. The lowest BCUT2D eigenvalue weighted by atomic mass is 10.0. The summed E-state index contributed by atoms with van der Waals surface area (Å²) in [5.74, 6) is -0.0865. The van der Waals surface area contributed by atoms with E-state index < -0.39 is 24.3 Å². The van der Waals surface area contributed by atoms with Gasteiger partial charge in [0.05, 0.1) is 23.2 Å². The predicted molar refractivity (Wildman–Crippen MR) is 178 cm³/mol. The summed E-state index contributed by atoms with van der Waals surface area (Å²) in [7, 11) is -1.78. The fourth-order valence-electron chi connectivity index (χ4n) is 5.71. The highest BCUT2D eigenvalue weighted by Crippen LogP contribution is 2.56. The molecule has 0 bridgehead atoms. The molecule has 224 valence electrons. The van der Waals surface area contributed by atoms with E-state index in [1.165, 1.54) is 40.2 Å². The number of benzene rings is 4. The zero-order chi connectivity index (χ0) is 30.5. The number of non-ortho nitro benzene ring substituents is 1. The first-order valence-corrected chi connectivity index (χ1v) is 17.2. The summed E-state index contributed by atoms with van der Waals surface area (Å²) in [5.41, 5.74) is 0.508. The minimum absolute atomic E-state index is 0.0304. The molecule has 7 heteroatoms. The van der Waals surface area contributed by atoms with E-state index in [1.807, 2.05) is 0 Å². The Balaban J connectivity index is 1.24. The first-order chi connectivity index (χ1) is 20.9. The normalized spacial score (nSPS) is 12.8. The van der Waals surface area contributed by atoms with Crippen LogP contribution in [0.2, 0.25) is 0 Å². The Morgan fingerprint density at radius 3 is 1.63 bits per heavy atom. The molecule has 0 saturated heterocycles. The van der Waals surface area contributed by atoms with E-state index in [4.69, 9.17) is 0 Å². The molecule has 0 radical (unpaired) electrons. The maximum Gasteiger partial charge on any atom is 0.269 e. The summed E-state index contributed by atoms with van der Waals surface area (Å²) in [6, 6.07) is 38.3. The van der Waals surface area contributed by atoms with Gasteiger partial charge in [-0.1, -0.05) is 73.9 Å². The molecule has 0 aliphatic carbocycles. The number of carbonyl (C=O) groups excluding carboxylic acids is 1. The third-order valence-electron chi connectivity index (χ3n) is 8.05. The van der Waals surface area contributed by atoms with Gasteiger partial charge in [0.15, 0.2) is 0 Å². The van der Waals surface area contributed by atoms with Gasteiger partial charge in [-0.2, -0.15) is 0 Å². The van der Waals surface area contributed by atoms with Gasteiger partial charge in [-0.3, -0.25) is 14.9 Å². The molecule has 4 rings (SSSR count). The molecule has 0 heterocycles. The highest BCUT2D eigenvalue weighted by molar-refractivity contribution is 7.95. The van der Waals surface area contributed by atoms with Crippen LogP contribution in [0.15, 0.2) is 115 Å². The van der Waals surface area contributed by atoms with Crippen molar-refractivity contribution in [1.82, 2.24) is 5.32 Å². The summed E-state index contributed by atoms with van der Waals surface area (Å²) in [6.45, 7) is 1.74. The van der Waals surface area contributed by atoms with Crippen LogP contribution in [0.4, 0.5) is 5.69 Å². The standard InChI is InChI=1S/C36H41N2O4P/c1-29(36(40)30-24-26-31(27-25-30)38(41)42)37-35(39)23-15-4-2-3-5-16-28-43(32-17-9-6-10-18-32,33-19-11-7-12-20-33)34-21-13-8-14-22-34/h6-14,17-22,24-27,29,36,40H,2-5,15-16,23,28H2,1H3/p+1/t29-,36+/m1/s1. The molecule has 1 amide bonds. The van der Waals surface area contributed by atoms with Gasteiger partial charge in [0.1, 0.15) is 23.2 Å². The second-order valence-electron chi connectivity index (χ2n) is 11.1. The highest BCUT2D eigenvalue weighted by Gasteiger charge is 2.44. The second kappa shape index (κ2) is 16.1. The molecule has 4 aromatic carbocycles. The topological polar surface area (TPSA) is 92.5 Å². The molecule has 0 spiro atoms. The molecule has 43 heavy (non-hydrogen) atoms. The second-order valence-corrected chi connectivity index (χ2v) is 14.7. The fraction of sp³-hybridized carbons (Fsp3) is 0.306. The van der Waals surface area contributed by atoms with Crippen LogP contribution in [0, 0.1) is 10.1 Å². The van der Waals surface area contributed by atoms with Crippen molar-refractivity contribution in [2.75, 3.05) is 6.16 Å². The fourth-order valence-corrected chi connectivity index (χ4v) is 10.1. The number of unbranched alkanes of at least 4 members (excludes halogenated alkanes) is 5. The third kappa shape index (κ3) is 8.59. The molecule has 2 N–H and O–H groups in total. The van der Waals surface area contributed by atoms with Crippen molar-refractivity contribution in [3.8, 4) is 0 Å². The molecular weight excluding hydrogens is 555 g/mol. The number of aliphatic hydroxyl groups is 1. The summed E-state index contributed by atoms with van der Waals surface area (Å²) >= 11 is 0. The van der Waals surface area contributed by atoms with Crippen LogP contribution in [0.1, 0.15) is 63.5 Å². The van der Waals surface area contributed by atoms with Gasteiger partial charge in [-0.25, -0.2) is 0 Å². The highest BCUT2D eigenvalue weighted by atomic mass is 31.2. The average Bonchev–Trinajstić information content (AvgIpc) is 3.05. The van der Waals surface area contributed by atoms with Crippen LogP contribution in [-0.2, 0) is 4.79 Å². The van der Waals surface area contributed by atoms with Crippen molar-refractivity contribution in [3.63, 3.8) is 0 Å². The molecule has 0 fully saturated rings. The van der Waals surface area contributed by atoms with Gasteiger partial charge in [0, 0.05) is 18.6 Å². The molecule has 2 atom stereocenters. The van der Waals surface area contributed by atoms with E-state index in [-0.39, 0.29) is 11.6 Å². The van der Waals surface area contributed by atoms with Crippen molar-refractivity contribution < 1.29 is 14.8 Å². The van der Waals surface area contributed by atoms with Crippen molar-refractivity contribution >= 4 is 34.8 Å². The minimum atomic E-state index is -1.78. The van der Waals surface area contributed by atoms with Crippen molar-refractivity contribution in [1.29, 1.82) is 0 Å². The maximum atomic E-state index is 12.5. The van der Waals surface area contributed by atoms with Crippen LogP contribution < -0.4 is 21.2 Å². The summed E-state index contributed by atoms with van der Waals surface area (Å²) in [6.07, 6.45) is 6.93. The summed E-state index contributed by atoms with van der Waals surface area (Å²) < 4.78 is 0. The number of rotatable bonds is 16. The Kier molecular flexibility index (Phi) is 12.0. The van der Waals surface area contributed by atoms with E-state index in [0.29, 0.717) is 12.0 Å². The maximum absolute atomic E-state index is 12.5. The summed E-state index contributed by atoms with van der Waals surface area (Å²) in [5, 5.41) is 28.5. The van der Waals surface area contributed by atoms with Gasteiger partial charge in [0.25, 0.3) is 5.69 Å². The Morgan fingerprint density at radius 1 is 0.721 bits per heavy atom. The SMILES string of the molecule is C[C@@H](NC(=O)CCCCCCCC[P+](c1ccccc1)(c1ccccc1)c1ccccc1)[C@H](O)c1ccc([N+](=O)[O-])cc1. The zero-order valence-corrected chi connectivity index (χ0v) is 25.7. The number of nitrogens with zero attached hydrogens (tertiary/aromatic N) is 1. The van der Waals surface area contributed by atoms with E-state index in [1.54, 1.807) is 6.92 Å². The van der Waals surface area contributed by atoms with E-state index in [9.17, 15) is 20.0 Å². The Morgan fingerprint density at radius 2 is 1.16 bits per heavy atom. The molecule has 0 unspecified atom stereocenters. The van der Waals surface area contributed by atoms with E-state index >= 15 is 0 Å². The Hall–Kier alpha value is -3.86. The Labute approximate surface area is 255 Å². The lowest BCUT2D eigenvalue weighted by Gasteiger charge is -2.27. The zero-order valence-electron chi connectivity index (χ0n) is 24.8. The van der Waals surface area contributed by atoms with Gasteiger partial charge in [0.2, 0.25) is 5.91 Å². The molecule has 0 aliphatic rings. The monoisotopic (exact) mass is 597 g/mol. The molecule has 0 aliphatic heterocycles. The van der Waals surface area contributed by atoms with Gasteiger partial charge < -0.3 is 10.4 Å². The van der Waals surface area contributed by atoms with E-state index in [0.717, 1.165) is 44.7 Å². The predicted octanol–water partition coefficient (Wildman–Crippen LogP) is 6.86. The summed E-state index contributed by atoms with van der Waals surface area (Å²) in [4.78, 5) is 22.8. The number of nitrogens with one attached hydrogen (secondary N) is 1. The van der Waals surface area contributed by atoms with Crippen molar-refractivity contribution in [2.45, 2.75) is 64.0 Å². The van der Waals surface area contributed by atoms with Crippen LogP contribution in [0.25, 0.3) is 0 Å². The molecule has 4 aromatic rings. The number of amides is 1. The number of nitro groups is 1. The molecule has 0 saturated carbocycles. The number of nitro benzene ring substituents is 1. The van der Waals surface area contributed by atoms with Crippen LogP contribution >= 0.6 is 7.26 Å². The van der Waals surface area contributed by atoms with Crippen LogP contribution in [0.3, 0.4) is 0 Å². The number of hydrogen-bond acceptors (Lipinski definition) is 4. The van der Waals surface area contributed by atoms with Crippen molar-refractivity contribution in [2.24, 2.45) is 0 Å². The van der Waals surface area contributed by atoms with Crippen LogP contribution in [-0.4, -0.2) is 28.1 Å². The quantitative estimate of drug-likeness (QED) is 0.0639. The number of carbonyl (C=O) groups is 1. The van der Waals surface area contributed by atoms with E-state index in [2.05, 4.69) is 96.3 Å². The van der Waals surface area contributed by atoms with Crippen molar-refractivity contribution in [3.05, 3.63) is 131 Å². The molecule has 0 aromatic heterocycles. The van der Waals surface area contributed by atoms with Gasteiger partial charge in [-0.05, 0) is 80.3 Å². The largest absolute Gasteiger partial charge is 0.386 e. The lowest BCUT2D eigenvalue weighted by Crippen LogP contribution is -2.36.